The molecule has 0 aliphatic carbocycles. The van der Waals surface area contributed by atoms with E-state index in [1.165, 1.54) is 0 Å². The van der Waals surface area contributed by atoms with Crippen LogP contribution in [0.2, 0.25) is 5.02 Å². The predicted octanol–water partition coefficient (Wildman–Crippen LogP) is 5.27. The molecule has 4 nitrogen and oxygen atoms in total. The van der Waals surface area contributed by atoms with E-state index in [0.717, 1.165) is 21.7 Å². The Bertz CT molecular complexity index is 954. The zero-order valence-corrected chi connectivity index (χ0v) is 15.1. The summed E-state index contributed by atoms with van der Waals surface area (Å²) in [5, 5.41) is 4.69. The monoisotopic (exact) mass is 370 g/mol. The van der Waals surface area contributed by atoms with E-state index in [4.69, 9.17) is 16.1 Å². The van der Waals surface area contributed by atoms with Crippen LogP contribution < -0.4 is 4.90 Å². The Morgan fingerprint density at radius 1 is 1.28 bits per heavy atom. The molecule has 0 radical (unpaired) electrons. The van der Waals surface area contributed by atoms with Crippen LogP contribution in [0.1, 0.15) is 23.0 Å². The molecular formula is C19H15ClN2O2S. The molecule has 1 aliphatic heterocycles. The summed E-state index contributed by atoms with van der Waals surface area (Å²) in [6.45, 7) is 2.44. The van der Waals surface area contributed by atoms with Crippen LogP contribution >= 0.6 is 23.4 Å². The molecule has 0 spiro atoms. The number of aromatic nitrogens is 1. The second-order valence-electron chi connectivity index (χ2n) is 5.65. The Morgan fingerprint density at radius 2 is 2.12 bits per heavy atom. The van der Waals surface area contributed by atoms with Crippen molar-refractivity contribution in [2.75, 3.05) is 11.4 Å². The highest BCUT2D eigenvalue weighted by atomic mass is 35.5. The minimum absolute atomic E-state index is 0.172. The summed E-state index contributed by atoms with van der Waals surface area (Å²) < 4.78 is 5.55. The van der Waals surface area contributed by atoms with Crippen molar-refractivity contribution in [3.63, 3.8) is 0 Å². The molecule has 4 rings (SSSR count). The van der Waals surface area contributed by atoms with Crippen LogP contribution in [0.3, 0.4) is 0 Å². The number of rotatable bonds is 3. The van der Waals surface area contributed by atoms with Crippen molar-refractivity contribution in [1.29, 1.82) is 0 Å². The number of hydrogen-bond acceptors (Lipinski definition) is 4. The van der Waals surface area contributed by atoms with Gasteiger partial charge < -0.3 is 9.42 Å². The Hall–Kier alpha value is -2.24. The van der Waals surface area contributed by atoms with Crippen LogP contribution in [0.25, 0.3) is 11.3 Å². The summed E-state index contributed by atoms with van der Waals surface area (Å²) >= 11 is 7.76. The smallest absolute Gasteiger partial charge is 0.280 e. The molecule has 2 heterocycles. The van der Waals surface area contributed by atoms with E-state index in [9.17, 15) is 4.79 Å². The fourth-order valence-electron chi connectivity index (χ4n) is 2.97. The maximum atomic E-state index is 13.1. The molecule has 25 heavy (non-hydrogen) atoms. The highest BCUT2D eigenvalue weighted by Crippen LogP contribution is 2.42. The second-order valence-corrected chi connectivity index (χ2v) is 7.11. The summed E-state index contributed by atoms with van der Waals surface area (Å²) in [5.41, 5.74) is 2.97. The van der Waals surface area contributed by atoms with E-state index < -0.39 is 0 Å². The molecular weight excluding hydrogens is 356 g/mol. The first-order valence-electron chi connectivity index (χ1n) is 7.97. The molecule has 6 heteroatoms. The number of carbonyl (C=O) groups excluding carboxylic acids is 1. The van der Waals surface area contributed by atoms with E-state index in [1.54, 1.807) is 28.8 Å². The van der Waals surface area contributed by atoms with E-state index >= 15 is 0 Å². The van der Waals surface area contributed by atoms with Gasteiger partial charge in [0.1, 0.15) is 0 Å². The number of anilines is 1. The molecule has 0 saturated carbocycles. The standard InChI is InChI=1S/C19H15ClN2O2S/c1-2-22(13-7-5-6-12(20)10-13)19(23)17-15-11-25-16-9-4-3-8-14(16)18(15)24-21-17/h3-10H,2,11H2,1H3. The second kappa shape index (κ2) is 6.58. The molecule has 0 bridgehead atoms. The molecule has 1 aliphatic rings. The zero-order valence-electron chi connectivity index (χ0n) is 13.5. The van der Waals surface area contributed by atoms with Gasteiger partial charge in [-0.3, -0.25) is 4.79 Å². The van der Waals surface area contributed by atoms with Gasteiger partial charge in [0, 0.05) is 39.0 Å². The lowest BCUT2D eigenvalue weighted by Crippen LogP contribution is -2.31. The molecule has 0 fully saturated rings. The first-order valence-corrected chi connectivity index (χ1v) is 9.33. The maximum absolute atomic E-state index is 13.1. The minimum atomic E-state index is -0.172. The van der Waals surface area contributed by atoms with Crippen molar-refractivity contribution in [3.05, 3.63) is 64.8 Å². The first-order chi connectivity index (χ1) is 12.2. The lowest BCUT2D eigenvalue weighted by molar-refractivity contribution is 0.0979. The number of nitrogens with zero attached hydrogens (tertiary/aromatic N) is 2. The fourth-order valence-corrected chi connectivity index (χ4v) is 4.21. The molecule has 2 aromatic carbocycles. The van der Waals surface area contributed by atoms with Gasteiger partial charge in [0.05, 0.1) is 0 Å². The Kier molecular flexibility index (Phi) is 4.27. The van der Waals surface area contributed by atoms with Gasteiger partial charge in [-0.05, 0) is 37.3 Å². The van der Waals surface area contributed by atoms with Crippen molar-refractivity contribution in [2.24, 2.45) is 0 Å². The summed E-state index contributed by atoms with van der Waals surface area (Å²) in [5.74, 6) is 1.19. The summed E-state index contributed by atoms with van der Waals surface area (Å²) in [4.78, 5) is 15.9. The van der Waals surface area contributed by atoms with Gasteiger partial charge in [0.2, 0.25) is 0 Å². The topological polar surface area (TPSA) is 46.3 Å². The highest BCUT2D eigenvalue weighted by molar-refractivity contribution is 7.98. The van der Waals surface area contributed by atoms with Gasteiger partial charge in [0.15, 0.2) is 11.5 Å². The molecule has 3 aromatic rings. The van der Waals surface area contributed by atoms with Crippen LogP contribution in [-0.2, 0) is 5.75 Å². The minimum Gasteiger partial charge on any atom is -0.355 e. The van der Waals surface area contributed by atoms with Gasteiger partial charge in [-0.1, -0.05) is 35.0 Å². The highest BCUT2D eigenvalue weighted by Gasteiger charge is 2.30. The SMILES string of the molecule is CCN(C(=O)c1noc2c1CSc1ccccc1-2)c1cccc(Cl)c1. The number of carbonyl (C=O) groups is 1. The van der Waals surface area contributed by atoms with Crippen molar-refractivity contribution in [3.8, 4) is 11.3 Å². The van der Waals surface area contributed by atoms with Gasteiger partial charge in [-0.15, -0.1) is 11.8 Å². The number of amides is 1. The average Bonchev–Trinajstić information content (AvgIpc) is 3.07. The Morgan fingerprint density at radius 3 is 2.92 bits per heavy atom. The number of fused-ring (bicyclic) bond motifs is 3. The van der Waals surface area contributed by atoms with E-state index in [1.807, 2.05) is 37.3 Å². The Balaban J connectivity index is 1.74. The largest absolute Gasteiger partial charge is 0.355 e. The molecule has 0 N–H and O–H groups in total. The third kappa shape index (κ3) is 2.83. The fraction of sp³-hybridized carbons (Fsp3) is 0.158. The van der Waals surface area contributed by atoms with E-state index in [0.29, 0.717) is 28.8 Å². The van der Waals surface area contributed by atoms with E-state index in [-0.39, 0.29) is 5.91 Å². The third-order valence-electron chi connectivity index (χ3n) is 4.18. The van der Waals surface area contributed by atoms with Crippen molar-refractivity contribution >= 4 is 35.0 Å². The molecule has 1 amide bonds. The molecule has 126 valence electrons. The van der Waals surface area contributed by atoms with Crippen molar-refractivity contribution < 1.29 is 9.32 Å². The number of benzene rings is 2. The molecule has 0 unspecified atom stereocenters. The number of hydrogen-bond donors (Lipinski definition) is 0. The number of thioether (sulfide) groups is 1. The van der Waals surface area contributed by atoms with Crippen molar-refractivity contribution in [1.82, 2.24) is 5.16 Å². The lowest BCUT2D eigenvalue weighted by Gasteiger charge is -2.21. The summed E-state index contributed by atoms with van der Waals surface area (Å²) in [6, 6.07) is 15.3. The van der Waals surface area contributed by atoms with Crippen LogP contribution in [0.4, 0.5) is 5.69 Å². The third-order valence-corrected chi connectivity index (χ3v) is 5.51. The van der Waals surface area contributed by atoms with Crippen LogP contribution in [-0.4, -0.2) is 17.6 Å². The quantitative estimate of drug-likeness (QED) is 0.630. The summed E-state index contributed by atoms with van der Waals surface area (Å²) in [6.07, 6.45) is 0. The van der Waals surface area contributed by atoms with Gasteiger partial charge in [0.25, 0.3) is 5.91 Å². The van der Waals surface area contributed by atoms with Gasteiger partial charge >= 0.3 is 0 Å². The molecule has 1 aromatic heterocycles. The van der Waals surface area contributed by atoms with Gasteiger partial charge in [-0.2, -0.15) is 0 Å². The Labute approximate surface area is 154 Å². The average molecular weight is 371 g/mol. The summed E-state index contributed by atoms with van der Waals surface area (Å²) in [7, 11) is 0. The van der Waals surface area contributed by atoms with Crippen LogP contribution in [0, 0.1) is 0 Å². The molecule has 0 saturated heterocycles. The van der Waals surface area contributed by atoms with Crippen molar-refractivity contribution in [2.45, 2.75) is 17.6 Å². The van der Waals surface area contributed by atoms with Crippen LogP contribution in [0.15, 0.2) is 57.9 Å². The number of halogens is 1. The lowest BCUT2D eigenvalue weighted by atomic mass is 10.1. The maximum Gasteiger partial charge on any atom is 0.280 e. The zero-order chi connectivity index (χ0) is 17.4. The van der Waals surface area contributed by atoms with E-state index in [2.05, 4.69) is 11.2 Å². The van der Waals surface area contributed by atoms with Gasteiger partial charge in [-0.25, -0.2) is 0 Å². The normalized spacial score (nSPS) is 12.4. The van der Waals surface area contributed by atoms with Crippen LogP contribution in [0.5, 0.6) is 0 Å². The molecule has 0 atom stereocenters. The first kappa shape index (κ1) is 16.2. The predicted molar refractivity (Wildman–Crippen MR) is 100 cm³/mol.